The normalized spacial score (nSPS) is 14.9. The summed E-state index contributed by atoms with van der Waals surface area (Å²) in [5.41, 5.74) is 1.96. The molecule has 5 rings (SSSR count). The van der Waals surface area contributed by atoms with Crippen molar-refractivity contribution >= 4 is 23.2 Å². The van der Waals surface area contributed by atoms with Crippen LogP contribution in [0.1, 0.15) is 11.1 Å². The van der Waals surface area contributed by atoms with Crippen LogP contribution in [0.5, 0.6) is 0 Å². The summed E-state index contributed by atoms with van der Waals surface area (Å²) in [5, 5.41) is 0. The minimum absolute atomic E-state index is 0.233. The number of aromatic amines is 1. The quantitative estimate of drug-likeness (QED) is 0.465. The molecule has 1 aliphatic heterocycles. The SMILES string of the molecule is Cn1c(=O)[nH]c(=O)c2c1nc(N1CCN(Cc3ccc(F)cc3)CC1)n2CC=Cc1ccccc1. The first-order valence-corrected chi connectivity index (χ1v) is 11.6. The first-order chi connectivity index (χ1) is 17.0. The summed E-state index contributed by atoms with van der Waals surface area (Å²) in [6.07, 6.45) is 4.00. The highest BCUT2D eigenvalue weighted by molar-refractivity contribution is 5.74. The molecule has 1 aliphatic rings. The number of hydrogen-bond donors (Lipinski definition) is 1. The topological polar surface area (TPSA) is 79.2 Å². The monoisotopic (exact) mass is 474 g/mol. The van der Waals surface area contributed by atoms with Crippen molar-refractivity contribution < 1.29 is 4.39 Å². The largest absolute Gasteiger partial charge is 0.340 e. The number of imidazole rings is 1. The molecule has 1 N–H and O–H groups in total. The van der Waals surface area contributed by atoms with E-state index >= 15 is 0 Å². The van der Waals surface area contributed by atoms with Gasteiger partial charge in [0.1, 0.15) is 5.82 Å². The van der Waals surface area contributed by atoms with Crippen LogP contribution in [0.4, 0.5) is 10.3 Å². The molecule has 4 aromatic rings. The van der Waals surface area contributed by atoms with Gasteiger partial charge in [-0.2, -0.15) is 4.98 Å². The van der Waals surface area contributed by atoms with Crippen LogP contribution in [-0.2, 0) is 20.1 Å². The van der Waals surface area contributed by atoms with Gasteiger partial charge in [-0.3, -0.25) is 19.2 Å². The van der Waals surface area contributed by atoms with Crippen LogP contribution < -0.4 is 16.1 Å². The van der Waals surface area contributed by atoms with Crippen molar-refractivity contribution in [2.24, 2.45) is 7.05 Å². The number of nitrogens with one attached hydrogen (secondary N) is 1. The zero-order valence-corrected chi connectivity index (χ0v) is 19.5. The second kappa shape index (κ2) is 9.71. The molecule has 2 aromatic carbocycles. The second-order valence-electron chi connectivity index (χ2n) is 8.72. The van der Waals surface area contributed by atoms with E-state index in [9.17, 15) is 14.0 Å². The molecular formula is C26H27FN6O2. The second-order valence-corrected chi connectivity index (χ2v) is 8.72. The molecule has 3 heterocycles. The van der Waals surface area contributed by atoms with Gasteiger partial charge < -0.3 is 9.47 Å². The number of fused-ring (bicyclic) bond motifs is 1. The summed E-state index contributed by atoms with van der Waals surface area (Å²) >= 11 is 0. The van der Waals surface area contributed by atoms with Crippen LogP contribution in [0.15, 0.2) is 70.3 Å². The van der Waals surface area contributed by atoms with Crippen LogP contribution in [0, 0.1) is 5.82 Å². The molecule has 0 atom stereocenters. The maximum Gasteiger partial charge on any atom is 0.329 e. The third kappa shape index (κ3) is 4.81. The molecule has 0 bridgehead atoms. The Bertz CT molecular complexity index is 1460. The van der Waals surface area contributed by atoms with Crippen molar-refractivity contribution in [2.75, 3.05) is 31.1 Å². The van der Waals surface area contributed by atoms with Crippen molar-refractivity contribution in [2.45, 2.75) is 13.1 Å². The Morgan fingerprint density at radius 2 is 1.71 bits per heavy atom. The lowest BCUT2D eigenvalue weighted by Gasteiger charge is -2.35. The van der Waals surface area contributed by atoms with E-state index in [1.165, 1.54) is 16.7 Å². The van der Waals surface area contributed by atoms with E-state index in [0.29, 0.717) is 23.7 Å². The highest BCUT2D eigenvalue weighted by atomic mass is 19.1. The predicted octanol–water partition coefficient (Wildman–Crippen LogP) is 2.60. The van der Waals surface area contributed by atoms with Gasteiger partial charge in [0.15, 0.2) is 11.2 Å². The van der Waals surface area contributed by atoms with Crippen LogP contribution in [0.3, 0.4) is 0 Å². The minimum atomic E-state index is -0.484. The van der Waals surface area contributed by atoms with E-state index in [1.807, 2.05) is 59.2 Å². The van der Waals surface area contributed by atoms with Gasteiger partial charge in [-0.25, -0.2) is 9.18 Å². The van der Waals surface area contributed by atoms with Gasteiger partial charge in [0.25, 0.3) is 5.56 Å². The molecule has 1 fully saturated rings. The van der Waals surface area contributed by atoms with E-state index in [4.69, 9.17) is 4.98 Å². The van der Waals surface area contributed by atoms with E-state index in [1.54, 1.807) is 7.05 Å². The number of rotatable bonds is 6. The standard InChI is InChI=1S/C26H27FN6O2/c1-30-23-22(24(34)29-26(30)35)33(13-5-8-19-6-3-2-4-7-19)25(28-23)32-16-14-31(15-17-32)18-20-9-11-21(27)12-10-20/h2-12H,13-18H2,1H3,(H,29,34,35). The molecular weight excluding hydrogens is 447 g/mol. The van der Waals surface area contributed by atoms with E-state index < -0.39 is 11.2 Å². The van der Waals surface area contributed by atoms with E-state index in [2.05, 4.69) is 14.8 Å². The number of anilines is 1. The summed E-state index contributed by atoms with van der Waals surface area (Å²) in [4.78, 5) is 36.6. The predicted molar refractivity (Wildman–Crippen MR) is 135 cm³/mol. The molecule has 0 spiro atoms. The van der Waals surface area contributed by atoms with Crippen molar-refractivity contribution in [1.29, 1.82) is 0 Å². The number of benzene rings is 2. The Kier molecular flexibility index (Phi) is 6.33. The third-order valence-corrected chi connectivity index (χ3v) is 6.36. The van der Waals surface area contributed by atoms with E-state index in [-0.39, 0.29) is 5.82 Å². The summed E-state index contributed by atoms with van der Waals surface area (Å²) < 4.78 is 16.5. The first-order valence-electron chi connectivity index (χ1n) is 11.6. The number of aromatic nitrogens is 4. The Labute approximate surface area is 201 Å². The minimum Gasteiger partial charge on any atom is -0.340 e. The van der Waals surface area contributed by atoms with Crippen molar-refractivity contribution in [3.63, 3.8) is 0 Å². The number of allylic oxidation sites excluding steroid dienone is 1. The Morgan fingerprint density at radius 3 is 2.43 bits per heavy atom. The fourth-order valence-corrected chi connectivity index (χ4v) is 4.45. The van der Waals surface area contributed by atoms with Crippen molar-refractivity contribution in [1.82, 2.24) is 24.0 Å². The summed E-state index contributed by atoms with van der Waals surface area (Å²) in [6.45, 7) is 4.24. The lowest BCUT2D eigenvalue weighted by molar-refractivity contribution is 0.248. The third-order valence-electron chi connectivity index (χ3n) is 6.36. The number of aryl methyl sites for hydroxylation is 1. The van der Waals surface area contributed by atoms with Crippen LogP contribution in [-0.4, -0.2) is 50.2 Å². The van der Waals surface area contributed by atoms with E-state index in [0.717, 1.165) is 43.9 Å². The fourth-order valence-electron chi connectivity index (χ4n) is 4.45. The van der Waals surface area contributed by atoms with Gasteiger partial charge in [-0.1, -0.05) is 54.6 Å². The molecule has 35 heavy (non-hydrogen) atoms. The Balaban J connectivity index is 1.41. The molecule has 180 valence electrons. The number of nitrogens with zero attached hydrogens (tertiary/aromatic N) is 5. The number of halogens is 1. The lowest BCUT2D eigenvalue weighted by atomic mass is 10.2. The Hall–Kier alpha value is -3.98. The summed E-state index contributed by atoms with van der Waals surface area (Å²) in [5.74, 6) is 0.439. The number of piperazine rings is 1. The molecule has 0 radical (unpaired) electrons. The molecule has 8 nitrogen and oxygen atoms in total. The molecule has 0 aliphatic carbocycles. The highest BCUT2D eigenvalue weighted by Crippen LogP contribution is 2.22. The van der Waals surface area contributed by atoms with Gasteiger partial charge in [0.05, 0.1) is 0 Å². The Morgan fingerprint density at radius 1 is 1.00 bits per heavy atom. The molecule has 0 unspecified atom stereocenters. The van der Waals surface area contributed by atoms with Crippen LogP contribution >= 0.6 is 0 Å². The maximum atomic E-state index is 13.2. The van der Waals surface area contributed by atoms with Gasteiger partial charge in [-0.05, 0) is 23.3 Å². The average Bonchev–Trinajstić information content (AvgIpc) is 3.25. The van der Waals surface area contributed by atoms with Crippen molar-refractivity contribution in [3.8, 4) is 0 Å². The fraction of sp³-hybridized carbons (Fsp3) is 0.269. The van der Waals surface area contributed by atoms with Crippen molar-refractivity contribution in [3.05, 3.63) is 98.5 Å². The number of H-pyrrole nitrogens is 1. The number of hydrogen-bond acceptors (Lipinski definition) is 5. The zero-order chi connectivity index (χ0) is 24.4. The molecule has 2 aromatic heterocycles. The van der Waals surface area contributed by atoms with Gasteiger partial charge in [0, 0.05) is 46.3 Å². The maximum absolute atomic E-state index is 13.2. The smallest absolute Gasteiger partial charge is 0.329 e. The first kappa shape index (κ1) is 22.8. The van der Waals surface area contributed by atoms with Gasteiger partial charge >= 0.3 is 5.69 Å². The molecule has 0 saturated carbocycles. The van der Waals surface area contributed by atoms with Crippen LogP contribution in [0.2, 0.25) is 0 Å². The molecule has 0 amide bonds. The van der Waals surface area contributed by atoms with Crippen LogP contribution in [0.25, 0.3) is 17.2 Å². The highest BCUT2D eigenvalue weighted by Gasteiger charge is 2.24. The molecule has 1 saturated heterocycles. The summed E-state index contributed by atoms with van der Waals surface area (Å²) in [7, 11) is 1.61. The average molecular weight is 475 g/mol. The van der Waals surface area contributed by atoms with Gasteiger partial charge in [0.2, 0.25) is 5.95 Å². The molecule has 9 heteroatoms. The summed E-state index contributed by atoms with van der Waals surface area (Å²) in [6, 6.07) is 16.5. The lowest BCUT2D eigenvalue weighted by Crippen LogP contribution is -2.46. The zero-order valence-electron chi connectivity index (χ0n) is 19.5. The van der Waals surface area contributed by atoms with Gasteiger partial charge in [-0.15, -0.1) is 0 Å².